The van der Waals surface area contributed by atoms with Gasteiger partial charge in [-0.1, -0.05) is 12.1 Å². The summed E-state index contributed by atoms with van der Waals surface area (Å²) in [6.07, 6.45) is 0.477. The van der Waals surface area contributed by atoms with Crippen molar-refractivity contribution in [3.05, 3.63) is 54.1 Å². The van der Waals surface area contributed by atoms with Crippen LogP contribution in [-0.4, -0.2) is 38.5 Å². The molecule has 0 spiro atoms. The van der Waals surface area contributed by atoms with E-state index in [1.54, 1.807) is 32.9 Å². The monoisotopic (exact) mass is 431 g/mol. The summed E-state index contributed by atoms with van der Waals surface area (Å²) in [5, 5.41) is 3.42. The van der Waals surface area contributed by atoms with E-state index in [2.05, 4.69) is 53.1 Å². The van der Waals surface area contributed by atoms with Gasteiger partial charge in [0.15, 0.2) is 0 Å². The maximum atomic E-state index is 12.3. The molecule has 2 atom stereocenters. The Morgan fingerprint density at radius 2 is 1.47 bits per heavy atom. The second kappa shape index (κ2) is 8.86. The van der Waals surface area contributed by atoms with Crippen LogP contribution in [0.15, 0.2) is 48.5 Å². The fourth-order valence-electron chi connectivity index (χ4n) is 3.38. The molecule has 2 aromatic carbocycles. The van der Waals surface area contributed by atoms with Gasteiger partial charge in [0, 0.05) is 36.7 Å². The third-order valence-electron chi connectivity index (χ3n) is 5.16. The Morgan fingerprint density at radius 3 is 2.00 bits per heavy atom. The molecular weight excluding hydrogens is 398 g/mol. The number of rotatable bonds is 6. The number of nitrogens with one attached hydrogen (secondary N) is 2. The Hall–Kier alpha value is -2.25. The van der Waals surface area contributed by atoms with E-state index in [0.717, 1.165) is 24.3 Å². The lowest BCUT2D eigenvalue weighted by molar-refractivity contribution is -0.00521. The van der Waals surface area contributed by atoms with E-state index in [9.17, 15) is 8.42 Å². The maximum Gasteiger partial charge on any atom is 0.237 e. The van der Waals surface area contributed by atoms with Gasteiger partial charge >= 0.3 is 0 Å². The average molecular weight is 432 g/mol. The number of nitrogens with zero attached hydrogens (tertiary/aromatic N) is 1. The molecule has 0 aliphatic carbocycles. The molecule has 2 aromatic rings. The van der Waals surface area contributed by atoms with E-state index in [-0.39, 0.29) is 12.2 Å². The number of hydrogen-bond donors (Lipinski definition) is 2. The summed E-state index contributed by atoms with van der Waals surface area (Å²) in [7, 11) is -3.42. The van der Waals surface area contributed by atoms with Crippen LogP contribution in [0.4, 0.5) is 17.1 Å². The van der Waals surface area contributed by atoms with E-state index in [0.29, 0.717) is 12.2 Å². The van der Waals surface area contributed by atoms with Crippen molar-refractivity contribution in [3.63, 3.8) is 0 Å². The third-order valence-corrected chi connectivity index (χ3v) is 7.28. The number of benzene rings is 2. The minimum absolute atomic E-state index is 0.238. The van der Waals surface area contributed by atoms with Crippen molar-refractivity contribution in [2.45, 2.75) is 58.1 Å². The van der Waals surface area contributed by atoms with Gasteiger partial charge < -0.3 is 15.0 Å². The fraction of sp³-hybridized carbons (Fsp3) is 0.478. The largest absolute Gasteiger partial charge is 0.381 e. The van der Waals surface area contributed by atoms with Gasteiger partial charge in [0.25, 0.3) is 0 Å². The van der Waals surface area contributed by atoms with Gasteiger partial charge in [-0.2, -0.15) is 0 Å². The van der Waals surface area contributed by atoms with Gasteiger partial charge in [-0.3, -0.25) is 4.72 Å². The lowest BCUT2D eigenvalue weighted by Gasteiger charge is -2.36. The fourth-order valence-corrected chi connectivity index (χ4v) is 4.13. The van der Waals surface area contributed by atoms with Gasteiger partial charge in [-0.05, 0) is 76.6 Å². The third kappa shape index (κ3) is 5.67. The van der Waals surface area contributed by atoms with Crippen LogP contribution in [0, 0.1) is 0 Å². The van der Waals surface area contributed by atoms with Crippen molar-refractivity contribution in [1.29, 1.82) is 0 Å². The second-order valence-corrected chi connectivity index (χ2v) is 11.4. The molecule has 0 radical (unpaired) electrons. The van der Waals surface area contributed by atoms with E-state index in [1.807, 2.05) is 12.1 Å². The Balaban J connectivity index is 1.56. The Labute approximate surface area is 180 Å². The van der Waals surface area contributed by atoms with Gasteiger partial charge in [0.1, 0.15) is 0 Å². The first kappa shape index (κ1) is 22.4. The van der Waals surface area contributed by atoms with Crippen molar-refractivity contribution >= 4 is 27.1 Å². The number of ether oxygens (including phenoxy) is 1. The Bertz CT molecular complexity index is 925. The van der Waals surface area contributed by atoms with Crippen molar-refractivity contribution in [1.82, 2.24) is 0 Å². The van der Waals surface area contributed by atoms with Gasteiger partial charge in [0.05, 0.1) is 17.0 Å². The molecule has 164 valence electrons. The number of anilines is 3. The predicted octanol–water partition coefficient (Wildman–Crippen LogP) is 4.45. The highest BCUT2D eigenvalue weighted by molar-refractivity contribution is 7.94. The lowest BCUT2D eigenvalue weighted by atomic mass is 10.1. The van der Waals surface area contributed by atoms with Gasteiger partial charge in [-0.15, -0.1) is 0 Å². The number of sulfonamides is 1. The summed E-state index contributed by atoms with van der Waals surface area (Å²) in [5.74, 6) is 0. The second-order valence-electron chi connectivity index (χ2n) is 8.98. The van der Waals surface area contributed by atoms with E-state index < -0.39 is 14.8 Å². The lowest BCUT2D eigenvalue weighted by Crippen LogP contribution is -2.45. The van der Waals surface area contributed by atoms with E-state index >= 15 is 0 Å². The summed E-state index contributed by atoms with van der Waals surface area (Å²) in [6.45, 7) is 11.7. The summed E-state index contributed by atoms with van der Waals surface area (Å²) in [4.78, 5) is 2.36. The predicted molar refractivity (Wildman–Crippen MR) is 125 cm³/mol. The highest BCUT2D eigenvalue weighted by atomic mass is 32.2. The van der Waals surface area contributed by atoms with Crippen LogP contribution >= 0.6 is 0 Å². The molecule has 1 aliphatic heterocycles. The molecule has 0 amide bonds. The minimum Gasteiger partial charge on any atom is -0.381 e. The zero-order chi connectivity index (χ0) is 21.9. The molecule has 1 fully saturated rings. The van der Waals surface area contributed by atoms with Crippen LogP contribution in [0.5, 0.6) is 0 Å². The molecule has 1 heterocycles. The smallest absolute Gasteiger partial charge is 0.237 e. The van der Waals surface area contributed by atoms with Crippen molar-refractivity contribution in [2.24, 2.45) is 0 Å². The molecule has 6 nitrogen and oxygen atoms in total. The van der Waals surface area contributed by atoms with Crippen LogP contribution in [0.25, 0.3) is 0 Å². The molecule has 0 unspecified atom stereocenters. The maximum absolute atomic E-state index is 12.3. The first-order valence-corrected chi connectivity index (χ1v) is 11.9. The molecular formula is C23H33N3O3S. The highest BCUT2D eigenvalue weighted by Crippen LogP contribution is 2.23. The van der Waals surface area contributed by atoms with Crippen LogP contribution in [0.1, 0.15) is 40.2 Å². The molecule has 1 aliphatic rings. The van der Waals surface area contributed by atoms with Crippen LogP contribution in [-0.2, 0) is 21.3 Å². The minimum atomic E-state index is -3.42. The SMILES string of the molecule is C[C@@H]1CN(c2ccc(NCc3ccc(NS(=O)(=O)C(C)(C)C)cc3)cc2)C[C@H](C)O1. The highest BCUT2D eigenvalue weighted by Gasteiger charge is 2.28. The molecule has 7 heteroatoms. The van der Waals surface area contributed by atoms with Crippen LogP contribution < -0.4 is 14.9 Å². The van der Waals surface area contributed by atoms with Gasteiger partial charge in [-0.25, -0.2) is 8.42 Å². The van der Waals surface area contributed by atoms with E-state index in [1.165, 1.54) is 5.69 Å². The zero-order valence-electron chi connectivity index (χ0n) is 18.5. The molecule has 30 heavy (non-hydrogen) atoms. The summed E-state index contributed by atoms with van der Waals surface area (Å²) >= 11 is 0. The molecule has 1 saturated heterocycles. The first-order chi connectivity index (χ1) is 14.0. The Morgan fingerprint density at radius 1 is 0.933 bits per heavy atom. The van der Waals surface area contributed by atoms with E-state index in [4.69, 9.17) is 4.74 Å². The Kier molecular flexibility index (Phi) is 6.62. The number of hydrogen-bond acceptors (Lipinski definition) is 5. The average Bonchev–Trinajstić information content (AvgIpc) is 2.66. The first-order valence-electron chi connectivity index (χ1n) is 10.4. The molecule has 0 saturated carbocycles. The number of morpholine rings is 1. The molecule has 0 bridgehead atoms. The molecule has 3 rings (SSSR count). The standard InChI is InChI=1S/C23H33N3O3S/c1-17-15-26(16-18(2)29-17)22-12-10-20(11-13-22)24-14-19-6-8-21(9-7-19)25-30(27,28)23(3,4)5/h6-13,17-18,24-25H,14-16H2,1-5H3/t17-,18+. The van der Waals surface area contributed by atoms with Gasteiger partial charge in [0.2, 0.25) is 10.0 Å². The zero-order valence-corrected chi connectivity index (χ0v) is 19.3. The van der Waals surface area contributed by atoms with Crippen molar-refractivity contribution in [3.8, 4) is 0 Å². The molecule has 0 aromatic heterocycles. The van der Waals surface area contributed by atoms with Crippen molar-refractivity contribution < 1.29 is 13.2 Å². The van der Waals surface area contributed by atoms with Crippen LogP contribution in [0.2, 0.25) is 0 Å². The summed E-state index contributed by atoms with van der Waals surface area (Å²) < 4.78 is 32.1. The van der Waals surface area contributed by atoms with Crippen molar-refractivity contribution in [2.75, 3.05) is 28.0 Å². The summed E-state index contributed by atoms with van der Waals surface area (Å²) in [5.41, 5.74) is 3.91. The quantitative estimate of drug-likeness (QED) is 0.707. The topological polar surface area (TPSA) is 70.7 Å². The summed E-state index contributed by atoms with van der Waals surface area (Å²) in [6, 6.07) is 15.9. The normalized spacial score (nSPS) is 20.1. The molecule has 2 N–H and O–H groups in total. The van der Waals surface area contributed by atoms with Crippen LogP contribution in [0.3, 0.4) is 0 Å².